The second kappa shape index (κ2) is 9.19. The van der Waals surface area contributed by atoms with Gasteiger partial charge in [0.25, 0.3) is 0 Å². The number of nitrogens with zero attached hydrogens (tertiary/aromatic N) is 3. The van der Waals surface area contributed by atoms with E-state index in [0.29, 0.717) is 32.5 Å². The molecule has 0 radical (unpaired) electrons. The molecule has 8 nitrogen and oxygen atoms in total. The molecule has 0 atom stereocenters. The number of nitrogens with one attached hydrogen (secondary N) is 2. The fourth-order valence-electron chi connectivity index (χ4n) is 2.66. The number of amides is 3. The summed E-state index contributed by atoms with van der Waals surface area (Å²) in [5.41, 5.74) is 0. The first-order valence-electron chi connectivity index (χ1n) is 8.27. The first-order chi connectivity index (χ1) is 12.0. The van der Waals surface area contributed by atoms with Gasteiger partial charge in [-0.05, 0) is 19.8 Å². The zero-order valence-corrected chi connectivity index (χ0v) is 14.1. The van der Waals surface area contributed by atoms with Gasteiger partial charge < -0.3 is 20.3 Å². The minimum atomic E-state index is -2.64. The highest BCUT2D eigenvalue weighted by atomic mass is 19.3. The molecule has 1 aliphatic heterocycles. The van der Waals surface area contributed by atoms with Crippen LogP contribution in [-0.4, -0.2) is 58.9 Å². The number of halogens is 2. The summed E-state index contributed by atoms with van der Waals surface area (Å²) in [6, 6.07) is -0.390. The van der Waals surface area contributed by atoms with Crippen LogP contribution in [0.5, 0.6) is 0 Å². The second-order valence-corrected chi connectivity index (χ2v) is 5.64. The highest BCUT2D eigenvalue weighted by Gasteiger charge is 2.24. The molecule has 1 aromatic rings. The first-order valence-corrected chi connectivity index (χ1v) is 8.27. The Morgan fingerprint density at radius 3 is 2.76 bits per heavy atom. The van der Waals surface area contributed by atoms with Gasteiger partial charge in [-0.25, -0.2) is 14.6 Å². The number of likely N-dealkylation sites (tertiary alicyclic amines) is 1. The highest BCUT2D eigenvalue weighted by molar-refractivity contribution is 5.74. The predicted molar refractivity (Wildman–Crippen MR) is 85.3 cm³/mol. The average molecular weight is 359 g/mol. The maximum absolute atomic E-state index is 12.7. The van der Waals surface area contributed by atoms with Crippen molar-refractivity contribution in [3.8, 4) is 0 Å². The van der Waals surface area contributed by atoms with Crippen molar-refractivity contribution in [2.75, 3.05) is 26.2 Å². The van der Waals surface area contributed by atoms with Crippen molar-refractivity contribution < 1.29 is 23.1 Å². The predicted octanol–water partition coefficient (Wildman–Crippen LogP) is 1.74. The van der Waals surface area contributed by atoms with E-state index in [1.165, 1.54) is 12.4 Å². The summed E-state index contributed by atoms with van der Waals surface area (Å²) in [7, 11) is 0. The number of imidazole rings is 1. The van der Waals surface area contributed by atoms with Crippen LogP contribution in [0.15, 0.2) is 12.4 Å². The van der Waals surface area contributed by atoms with Crippen LogP contribution < -0.4 is 10.6 Å². The molecular weight excluding hydrogens is 336 g/mol. The Kier molecular flexibility index (Phi) is 6.96. The standard InChI is InChI=1S/C15H23F2N5O3/c1-2-25-15(24)21-8-4-11(5-9-21)20-14(23)19-6-3-12-18-7-10-22(12)13(16)17/h7,10-11,13H,2-6,8-9H2,1H3,(H2,19,20,23). The van der Waals surface area contributed by atoms with E-state index in [0.717, 1.165) is 4.57 Å². The Balaban J connectivity index is 1.66. The molecule has 0 spiro atoms. The lowest BCUT2D eigenvalue weighted by Gasteiger charge is -2.31. The van der Waals surface area contributed by atoms with Gasteiger partial charge in [0.15, 0.2) is 0 Å². The Labute approximate surface area is 144 Å². The molecule has 2 N–H and O–H groups in total. The topological polar surface area (TPSA) is 88.5 Å². The second-order valence-electron chi connectivity index (χ2n) is 5.64. The van der Waals surface area contributed by atoms with E-state index >= 15 is 0 Å². The molecule has 1 aromatic heterocycles. The van der Waals surface area contributed by atoms with Gasteiger partial charge in [0.05, 0.1) is 6.61 Å². The Morgan fingerprint density at radius 1 is 1.40 bits per heavy atom. The SMILES string of the molecule is CCOC(=O)N1CCC(NC(=O)NCCc2nccn2C(F)F)CC1. The number of urea groups is 1. The van der Waals surface area contributed by atoms with Gasteiger partial charge in [-0.15, -0.1) is 0 Å². The summed E-state index contributed by atoms with van der Waals surface area (Å²) in [5, 5.41) is 5.46. The minimum absolute atomic E-state index is 0.0336. The summed E-state index contributed by atoms with van der Waals surface area (Å²) < 4.78 is 31.1. The molecule has 0 bridgehead atoms. The van der Waals surface area contributed by atoms with E-state index in [1.807, 2.05) is 0 Å². The number of rotatable bonds is 6. The molecule has 1 fully saturated rings. The lowest BCUT2D eigenvalue weighted by molar-refractivity contribution is 0.0670. The molecule has 0 aliphatic carbocycles. The Hall–Kier alpha value is -2.39. The average Bonchev–Trinajstić information content (AvgIpc) is 3.04. The van der Waals surface area contributed by atoms with Crippen molar-refractivity contribution in [3.63, 3.8) is 0 Å². The molecule has 0 aromatic carbocycles. The van der Waals surface area contributed by atoms with Gasteiger partial charge >= 0.3 is 18.7 Å². The van der Waals surface area contributed by atoms with Crippen LogP contribution in [0.2, 0.25) is 0 Å². The quantitative estimate of drug-likeness (QED) is 0.810. The van der Waals surface area contributed by atoms with Crippen LogP contribution in [0.3, 0.4) is 0 Å². The summed E-state index contributed by atoms with van der Waals surface area (Å²) in [6.07, 6.45) is 3.67. The smallest absolute Gasteiger partial charge is 0.409 e. The number of carbonyl (C=O) groups excluding carboxylic acids is 2. The van der Waals surface area contributed by atoms with E-state index in [2.05, 4.69) is 15.6 Å². The lowest BCUT2D eigenvalue weighted by Crippen LogP contribution is -2.49. The molecule has 25 heavy (non-hydrogen) atoms. The maximum Gasteiger partial charge on any atom is 0.409 e. The molecule has 1 aliphatic rings. The number of alkyl halides is 2. The van der Waals surface area contributed by atoms with Gasteiger partial charge in [0.1, 0.15) is 5.82 Å². The monoisotopic (exact) mass is 359 g/mol. The third kappa shape index (κ3) is 5.57. The third-order valence-corrected chi connectivity index (χ3v) is 3.95. The number of aromatic nitrogens is 2. The molecule has 1 saturated heterocycles. The van der Waals surface area contributed by atoms with Crippen molar-refractivity contribution in [1.82, 2.24) is 25.1 Å². The van der Waals surface area contributed by atoms with Crippen LogP contribution in [0.25, 0.3) is 0 Å². The Morgan fingerprint density at radius 2 is 2.12 bits per heavy atom. The number of ether oxygens (including phenoxy) is 1. The summed E-state index contributed by atoms with van der Waals surface area (Å²) in [6.45, 7) is 0.701. The largest absolute Gasteiger partial charge is 0.450 e. The molecule has 2 rings (SSSR count). The molecule has 2 heterocycles. The molecule has 140 valence electrons. The zero-order valence-electron chi connectivity index (χ0n) is 14.1. The van der Waals surface area contributed by atoms with Crippen molar-refractivity contribution in [2.24, 2.45) is 0 Å². The molecular formula is C15H23F2N5O3. The first kappa shape index (κ1) is 18.9. The number of hydrogen-bond acceptors (Lipinski definition) is 4. The van der Waals surface area contributed by atoms with Crippen molar-refractivity contribution >= 4 is 12.1 Å². The van der Waals surface area contributed by atoms with Gasteiger partial charge in [0, 0.05) is 44.5 Å². The maximum atomic E-state index is 12.7. The van der Waals surface area contributed by atoms with Crippen LogP contribution in [0, 0.1) is 0 Å². The van der Waals surface area contributed by atoms with Gasteiger partial charge in [-0.2, -0.15) is 8.78 Å². The molecule has 3 amide bonds. The highest BCUT2D eigenvalue weighted by Crippen LogP contribution is 2.13. The van der Waals surface area contributed by atoms with Gasteiger partial charge in [0.2, 0.25) is 0 Å². The molecule has 0 saturated carbocycles. The van der Waals surface area contributed by atoms with Gasteiger partial charge in [-0.3, -0.25) is 4.57 Å². The van der Waals surface area contributed by atoms with Crippen LogP contribution in [0.1, 0.15) is 32.1 Å². The number of carbonyl (C=O) groups is 2. The van der Waals surface area contributed by atoms with E-state index in [9.17, 15) is 18.4 Å². The van der Waals surface area contributed by atoms with Gasteiger partial charge in [-0.1, -0.05) is 0 Å². The summed E-state index contributed by atoms with van der Waals surface area (Å²) in [5.74, 6) is 0.220. The number of piperidine rings is 1. The van der Waals surface area contributed by atoms with Crippen molar-refractivity contribution in [3.05, 3.63) is 18.2 Å². The zero-order chi connectivity index (χ0) is 18.2. The van der Waals surface area contributed by atoms with Crippen LogP contribution in [-0.2, 0) is 11.2 Å². The lowest BCUT2D eigenvalue weighted by atomic mass is 10.1. The van der Waals surface area contributed by atoms with Crippen molar-refractivity contribution in [1.29, 1.82) is 0 Å². The van der Waals surface area contributed by atoms with E-state index in [1.54, 1.807) is 11.8 Å². The molecule has 0 unspecified atom stereocenters. The molecule has 10 heteroatoms. The normalized spacial score (nSPS) is 15.3. The summed E-state index contributed by atoms with van der Waals surface area (Å²) in [4.78, 5) is 28.9. The van der Waals surface area contributed by atoms with E-state index in [-0.39, 0.29) is 37.0 Å². The van der Waals surface area contributed by atoms with E-state index in [4.69, 9.17) is 4.74 Å². The van der Waals surface area contributed by atoms with E-state index < -0.39 is 6.55 Å². The Bertz CT molecular complexity index is 573. The summed E-state index contributed by atoms with van der Waals surface area (Å²) >= 11 is 0. The van der Waals surface area contributed by atoms with Crippen LogP contribution in [0.4, 0.5) is 18.4 Å². The third-order valence-electron chi connectivity index (χ3n) is 3.95. The van der Waals surface area contributed by atoms with Crippen LogP contribution >= 0.6 is 0 Å². The minimum Gasteiger partial charge on any atom is -0.450 e. The fraction of sp³-hybridized carbons (Fsp3) is 0.667. The number of hydrogen-bond donors (Lipinski definition) is 2. The van der Waals surface area contributed by atoms with Crippen molar-refractivity contribution in [2.45, 2.75) is 38.8 Å². The fourth-order valence-corrected chi connectivity index (χ4v) is 2.66.